The lowest BCUT2D eigenvalue weighted by molar-refractivity contribution is -0.0456. The minimum absolute atomic E-state index is 0. The highest BCUT2D eigenvalue weighted by molar-refractivity contribution is 5.85. The zero-order valence-corrected chi connectivity index (χ0v) is 4.85. The zero-order chi connectivity index (χ0) is 6.73. The third-order valence-corrected chi connectivity index (χ3v) is 0.481. The molecule has 0 radical (unpaired) electrons. The van der Waals surface area contributed by atoms with E-state index in [2.05, 4.69) is 0 Å². The van der Waals surface area contributed by atoms with Gasteiger partial charge in [0.2, 0.25) is 6.17 Å². The smallest absolute Gasteiger partial charge is 0.235 e. The maximum atomic E-state index is 11.1. The molecule has 0 fully saturated rings. The summed E-state index contributed by atoms with van der Waals surface area (Å²) in [6.07, 6.45) is -10.4. The first-order valence-corrected chi connectivity index (χ1v) is 1.76. The van der Waals surface area contributed by atoms with E-state index in [-0.39, 0.29) is 12.4 Å². The Morgan fingerprint density at radius 1 is 0.667 bits per heavy atom. The fourth-order valence-corrected chi connectivity index (χ4v) is 0.110. The van der Waals surface area contributed by atoms with Crippen LogP contribution in [0.2, 0.25) is 0 Å². The van der Waals surface area contributed by atoms with Crippen LogP contribution >= 0.6 is 12.4 Å². The highest BCUT2D eigenvalue weighted by Gasteiger charge is 2.28. The summed E-state index contributed by atoms with van der Waals surface area (Å²) in [7, 11) is 0. The summed E-state index contributed by atoms with van der Waals surface area (Å²) >= 11 is 0. The molecular formula is C3H4ClF5. The Bertz CT molecular complexity index is 57.2. The molecule has 0 saturated heterocycles. The molecule has 0 aliphatic carbocycles. The van der Waals surface area contributed by atoms with E-state index in [1.807, 2.05) is 0 Å². The van der Waals surface area contributed by atoms with Gasteiger partial charge in [-0.3, -0.25) is 0 Å². The number of hydrogen-bond acceptors (Lipinski definition) is 0. The van der Waals surface area contributed by atoms with Crippen LogP contribution in [-0.4, -0.2) is 19.0 Å². The molecule has 0 amide bonds. The highest BCUT2D eigenvalue weighted by Crippen LogP contribution is 2.13. The molecule has 0 aliphatic rings. The van der Waals surface area contributed by atoms with Gasteiger partial charge in [0.1, 0.15) is 0 Å². The second kappa shape index (κ2) is 4.78. The number of halogens is 6. The molecular weight excluding hydrogens is 166 g/mol. The normalized spacial score (nSPS) is 10.7. The molecule has 0 saturated carbocycles. The first kappa shape index (κ1) is 11.7. The molecule has 0 spiro atoms. The molecule has 0 atom stereocenters. The van der Waals surface area contributed by atoms with Crippen molar-refractivity contribution in [1.82, 2.24) is 0 Å². The summed E-state index contributed by atoms with van der Waals surface area (Å²) in [6.45, 7) is 0. The Labute approximate surface area is 54.4 Å². The van der Waals surface area contributed by atoms with Crippen LogP contribution in [0.1, 0.15) is 0 Å². The third kappa shape index (κ3) is 4.44. The quantitative estimate of drug-likeness (QED) is 0.558. The molecule has 0 aromatic carbocycles. The molecule has 0 aromatic heterocycles. The lowest BCUT2D eigenvalue weighted by atomic mass is 10.4. The Balaban J connectivity index is 0. The van der Waals surface area contributed by atoms with Crippen molar-refractivity contribution in [2.45, 2.75) is 19.0 Å². The molecule has 9 heavy (non-hydrogen) atoms. The minimum atomic E-state index is -3.57. The molecule has 0 heterocycles. The Kier molecular flexibility index (Phi) is 6.22. The molecule has 6 heteroatoms. The molecule has 0 aliphatic heterocycles. The predicted octanol–water partition coefficient (Wildman–Crippen LogP) is 2.28. The van der Waals surface area contributed by atoms with Crippen molar-refractivity contribution in [3.8, 4) is 0 Å². The SMILES string of the molecule is Cl.FC(F)C(F)C(F)F. The third-order valence-electron chi connectivity index (χ3n) is 0.481. The zero-order valence-electron chi connectivity index (χ0n) is 4.03. The standard InChI is InChI=1S/C3H3F5.ClH/c4-1(2(5)6)3(7)8;/h1-3H;1H. The molecule has 0 rings (SSSR count). The number of rotatable bonds is 2. The van der Waals surface area contributed by atoms with E-state index in [0.717, 1.165) is 0 Å². The van der Waals surface area contributed by atoms with E-state index >= 15 is 0 Å². The number of hydrogen-bond donors (Lipinski definition) is 0. The van der Waals surface area contributed by atoms with Crippen LogP contribution in [0.15, 0.2) is 0 Å². The molecule has 0 aromatic rings. The van der Waals surface area contributed by atoms with Crippen LogP contribution in [0.4, 0.5) is 22.0 Å². The Morgan fingerprint density at radius 2 is 0.889 bits per heavy atom. The Hall–Kier alpha value is -0.0600. The lowest BCUT2D eigenvalue weighted by Crippen LogP contribution is -2.20. The largest absolute Gasteiger partial charge is 0.275 e. The van der Waals surface area contributed by atoms with E-state index in [9.17, 15) is 22.0 Å². The minimum Gasteiger partial charge on any atom is -0.235 e. The average Bonchev–Trinajstić information content (AvgIpc) is 1.64. The summed E-state index contributed by atoms with van der Waals surface area (Å²) in [5.41, 5.74) is 0. The van der Waals surface area contributed by atoms with E-state index in [4.69, 9.17) is 0 Å². The summed E-state index contributed by atoms with van der Waals surface area (Å²) < 4.78 is 54.4. The second-order valence-electron chi connectivity index (χ2n) is 1.11. The maximum absolute atomic E-state index is 11.1. The summed E-state index contributed by atoms with van der Waals surface area (Å²) in [4.78, 5) is 0. The van der Waals surface area contributed by atoms with Gasteiger partial charge in [0.25, 0.3) is 12.9 Å². The molecule has 58 valence electrons. The first-order valence-electron chi connectivity index (χ1n) is 1.76. The summed E-state index contributed by atoms with van der Waals surface area (Å²) in [5.74, 6) is 0. The van der Waals surface area contributed by atoms with Crippen LogP contribution in [0.5, 0.6) is 0 Å². The molecule has 0 N–H and O–H groups in total. The van der Waals surface area contributed by atoms with Crippen molar-refractivity contribution in [3.05, 3.63) is 0 Å². The number of alkyl halides is 5. The van der Waals surface area contributed by atoms with Gasteiger partial charge in [0.15, 0.2) is 0 Å². The van der Waals surface area contributed by atoms with Gasteiger partial charge in [-0.2, -0.15) is 0 Å². The van der Waals surface area contributed by atoms with Crippen molar-refractivity contribution in [2.75, 3.05) is 0 Å². The van der Waals surface area contributed by atoms with Crippen molar-refractivity contribution >= 4 is 12.4 Å². The van der Waals surface area contributed by atoms with Gasteiger partial charge in [0.05, 0.1) is 0 Å². The van der Waals surface area contributed by atoms with Gasteiger partial charge in [-0.1, -0.05) is 0 Å². The van der Waals surface area contributed by atoms with Crippen LogP contribution in [0.3, 0.4) is 0 Å². The highest BCUT2D eigenvalue weighted by atomic mass is 35.5. The molecule has 0 unspecified atom stereocenters. The van der Waals surface area contributed by atoms with Crippen LogP contribution < -0.4 is 0 Å². The van der Waals surface area contributed by atoms with E-state index < -0.39 is 19.0 Å². The second-order valence-corrected chi connectivity index (χ2v) is 1.11. The monoisotopic (exact) mass is 170 g/mol. The van der Waals surface area contributed by atoms with E-state index in [1.165, 1.54) is 0 Å². The van der Waals surface area contributed by atoms with Gasteiger partial charge >= 0.3 is 0 Å². The van der Waals surface area contributed by atoms with Crippen molar-refractivity contribution in [1.29, 1.82) is 0 Å². The molecule has 0 nitrogen and oxygen atoms in total. The predicted molar refractivity (Wildman–Crippen MR) is 24.2 cm³/mol. The van der Waals surface area contributed by atoms with Gasteiger partial charge in [-0.15, -0.1) is 12.4 Å². The lowest BCUT2D eigenvalue weighted by Gasteiger charge is -2.02. The topological polar surface area (TPSA) is 0 Å². The summed E-state index contributed by atoms with van der Waals surface area (Å²) in [6, 6.07) is 0. The van der Waals surface area contributed by atoms with Gasteiger partial charge < -0.3 is 0 Å². The van der Waals surface area contributed by atoms with Crippen LogP contribution in [0, 0.1) is 0 Å². The average molecular weight is 171 g/mol. The van der Waals surface area contributed by atoms with Crippen molar-refractivity contribution in [2.24, 2.45) is 0 Å². The fourth-order valence-electron chi connectivity index (χ4n) is 0.110. The first-order chi connectivity index (χ1) is 3.55. The van der Waals surface area contributed by atoms with Crippen molar-refractivity contribution < 1.29 is 22.0 Å². The maximum Gasteiger partial charge on any atom is 0.275 e. The van der Waals surface area contributed by atoms with E-state index in [1.54, 1.807) is 0 Å². The summed E-state index contributed by atoms with van der Waals surface area (Å²) in [5, 5.41) is 0. The van der Waals surface area contributed by atoms with Gasteiger partial charge in [-0.05, 0) is 0 Å². The fraction of sp³-hybridized carbons (Fsp3) is 1.00. The van der Waals surface area contributed by atoms with Gasteiger partial charge in [0, 0.05) is 0 Å². The van der Waals surface area contributed by atoms with Gasteiger partial charge in [-0.25, -0.2) is 22.0 Å². The molecule has 0 bridgehead atoms. The van der Waals surface area contributed by atoms with E-state index in [0.29, 0.717) is 0 Å². The van der Waals surface area contributed by atoms with Crippen molar-refractivity contribution in [3.63, 3.8) is 0 Å². The van der Waals surface area contributed by atoms with Crippen LogP contribution in [-0.2, 0) is 0 Å². The van der Waals surface area contributed by atoms with Crippen LogP contribution in [0.25, 0.3) is 0 Å². The Morgan fingerprint density at radius 3 is 0.889 bits per heavy atom.